The van der Waals surface area contributed by atoms with Crippen LogP contribution in [0, 0.1) is 11.7 Å². The van der Waals surface area contributed by atoms with Crippen molar-refractivity contribution in [1.29, 1.82) is 0 Å². The second kappa shape index (κ2) is 10.4. The molecule has 1 fully saturated rings. The van der Waals surface area contributed by atoms with Gasteiger partial charge in [-0.25, -0.2) is 4.39 Å². The Morgan fingerprint density at radius 2 is 2.03 bits per heavy atom. The first-order valence-corrected chi connectivity index (χ1v) is 10.9. The van der Waals surface area contributed by atoms with Gasteiger partial charge in [-0.15, -0.1) is 0 Å². The second-order valence-electron chi connectivity index (χ2n) is 8.20. The lowest BCUT2D eigenvalue weighted by molar-refractivity contribution is 0.0874. The van der Waals surface area contributed by atoms with Crippen LogP contribution in [0.1, 0.15) is 40.5 Å². The third-order valence-electron chi connectivity index (χ3n) is 5.96. The van der Waals surface area contributed by atoms with E-state index in [4.69, 9.17) is 4.74 Å². The molecule has 2 atom stereocenters. The molecule has 2 heterocycles. The van der Waals surface area contributed by atoms with Crippen molar-refractivity contribution < 1.29 is 13.9 Å². The molecule has 6 heteroatoms. The molecular weight excluding hydrogens is 405 g/mol. The number of hydrogen-bond acceptors (Lipinski definition) is 4. The minimum atomic E-state index is -0.421. The van der Waals surface area contributed by atoms with E-state index in [1.165, 1.54) is 17.7 Å². The molecule has 0 radical (unpaired) electrons. The summed E-state index contributed by atoms with van der Waals surface area (Å²) in [6.07, 6.45) is 3.78. The number of nitrogens with one attached hydrogen (secondary N) is 1. The highest BCUT2D eigenvalue weighted by Gasteiger charge is 2.30. The molecule has 166 valence electrons. The van der Waals surface area contributed by atoms with Crippen molar-refractivity contribution >= 4 is 5.91 Å². The Labute approximate surface area is 188 Å². The quantitative estimate of drug-likeness (QED) is 0.591. The normalized spacial score (nSPS) is 17.5. The summed E-state index contributed by atoms with van der Waals surface area (Å²) in [4.78, 5) is 19.9. The monoisotopic (exact) mass is 433 g/mol. The molecule has 0 aliphatic carbocycles. The summed E-state index contributed by atoms with van der Waals surface area (Å²) in [5, 5.41) is 3.13. The molecule has 5 nitrogen and oxygen atoms in total. The lowest BCUT2D eigenvalue weighted by Gasteiger charge is -2.37. The van der Waals surface area contributed by atoms with E-state index in [1.807, 2.05) is 30.3 Å². The fourth-order valence-electron chi connectivity index (χ4n) is 4.34. The summed E-state index contributed by atoms with van der Waals surface area (Å²) in [7, 11) is 1.67. The number of piperidine rings is 1. The topological polar surface area (TPSA) is 54.5 Å². The number of hydrogen-bond donors (Lipinski definition) is 1. The van der Waals surface area contributed by atoms with Gasteiger partial charge in [-0.2, -0.15) is 0 Å². The molecule has 0 spiro atoms. The van der Waals surface area contributed by atoms with Crippen molar-refractivity contribution in [3.05, 3.63) is 95.6 Å². The molecule has 1 aliphatic rings. The van der Waals surface area contributed by atoms with Crippen molar-refractivity contribution in [3.63, 3.8) is 0 Å². The van der Waals surface area contributed by atoms with E-state index in [-0.39, 0.29) is 17.9 Å². The van der Waals surface area contributed by atoms with Crippen LogP contribution in [0.4, 0.5) is 4.39 Å². The molecule has 1 amide bonds. The van der Waals surface area contributed by atoms with Gasteiger partial charge >= 0.3 is 0 Å². The number of likely N-dealkylation sites (tertiary alicyclic amines) is 1. The third kappa shape index (κ3) is 5.51. The molecule has 0 unspecified atom stereocenters. The zero-order valence-corrected chi connectivity index (χ0v) is 18.2. The van der Waals surface area contributed by atoms with E-state index in [0.29, 0.717) is 5.56 Å². The minimum Gasteiger partial charge on any atom is -0.497 e. The summed E-state index contributed by atoms with van der Waals surface area (Å²) >= 11 is 0. The van der Waals surface area contributed by atoms with Crippen LogP contribution >= 0.6 is 0 Å². The molecule has 32 heavy (non-hydrogen) atoms. The summed E-state index contributed by atoms with van der Waals surface area (Å²) in [5.74, 6) is 0.345. The van der Waals surface area contributed by atoms with Gasteiger partial charge in [0.05, 0.1) is 18.8 Å². The number of rotatable bonds is 7. The molecule has 0 bridgehead atoms. The zero-order chi connectivity index (χ0) is 22.3. The number of aromatic nitrogens is 1. The van der Waals surface area contributed by atoms with Crippen LogP contribution in [-0.4, -0.2) is 36.0 Å². The smallest absolute Gasteiger partial charge is 0.251 e. The average molecular weight is 434 g/mol. The van der Waals surface area contributed by atoms with Crippen molar-refractivity contribution in [3.8, 4) is 5.75 Å². The van der Waals surface area contributed by atoms with Crippen molar-refractivity contribution in [2.75, 3.05) is 20.2 Å². The van der Waals surface area contributed by atoms with Crippen LogP contribution in [0.3, 0.4) is 0 Å². The van der Waals surface area contributed by atoms with Gasteiger partial charge in [0, 0.05) is 24.8 Å². The second-order valence-corrected chi connectivity index (χ2v) is 8.20. The molecule has 1 N–H and O–H groups in total. The van der Waals surface area contributed by atoms with E-state index in [2.05, 4.69) is 27.3 Å². The lowest BCUT2D eigenvalue weighted by atomic mass is 9.88. The summed E-state index contributed by atoms with van der Waals surface area (Å²) in [6, 6.07) is 19.4. The van der Waals surface area contributed by atoms with Crippen molar-refractivity contribution in [1.82, 2.24) is 15.2 Å². The number of amides is 1. The molecular formula is C26H28FN3O2. The number of methoxy groups -OCH3 is 1. The predicted molar refractivity (Wildman–Crippen MR) is 122 cm³/mol. The Hall–Kier alpha value is -3.25. The maximum Gasteiger partial charge on any atom is 0.251 e. The summed E-state index contributed by atoms with van der Waals surface area (Å²) in [5.41, 5.74) is 2.37. The van der Waals surface area contributed by atoms with Gasteiger partial charge in [0.15, 0.2) is 0 Å². The van der Waals surface area contributed by atoms with Gasteiger partial charge in [0.2, 0.25) is 0 Å². The first kappa shape index (κ1) is 22.0. The van der Waals surface area contributed by atoms with E-state index in [9.17, 15) is 9.18 Å². The van der Waals surface area contributed by atoms with Crippen LogP contribution in [-0.2, 0) is 6.54 Å². The van der Waals surface area contributed by atoms with Gasteiger partial charge in [0.1, 0.15) is 11.6 Å². The van der Waals surface area contributed by atoms with Crippen LogP contribution in [0.15, 0.2) is 72.9 Å². The van der Waals surface area contributed by atoms with E-state index < -0.39 is 5.82 Å². The Kier molecular flexibility index (Phi) is 7.12. The molecule has 4 rings (SSSR count). The summed E-state index contributed by atoms with van der Waals surface area (Å²) < 4.78 is 18.9. The van der Waals surface area contributed by atoms with Gasteiger partial charge in [-0.1, -0.05) is 24.3 Å². The Morgan fingerprint density at radius 1 is 1.19 bits per heavy atom. The van der Waals surface area contributed by atoms with Crippen LogP contribution in [0.25, 0.3) is 0 Å². The van der Waals surface area contributed by atoms with E-state index in [0.717, 1.165) is 43.9 Å². The van der Waals surface area contributed by atoms with Crippen molar-refractivity contribution in [2.45, 2.75) is 25.4 Å². The van der Waals surface area contributed by atoms with Gasteiger partial charge in [-0.3, -0.25) is 14.7 Å². The highest BCUT2D eigenvalue weighted by molar-refractivity contribution is 5.94. The fraction of sp³-hybridized carbons (Fsp3) is 0.308. The number of carbonyl (C=O) groups is 1. The number of benzene rings is 2. The van der Waals surface area contributed by atoms with Gasteiger partial charge < -0.3 is 10.1 Å². The highest BCUT2D eigenvalue weighted by atomic mass is 19.1. The van der Waals surface area contributed by atoms with E-state index in [1.54, 1.807) is 25.4 Å². The summed E-state index contributed by atoms with van der Waals surface area (Å²) in [6.45, 7) is 2.69. The van der Waals surface area contributed by atoms with Crippen LogP contribution < -0.4 is 10.1 Å². The number of ether oxygens (including phenoxy) is 1. The standard InChI is InChI=1S/C26H28FN3O2/c1-32-23-12-10-19(11-13-23)17-30-15-5-7-21(18-30)25(24-9-2-3-14-28-24)29-26(31)20-6-4-8-22(27)16-20/h2-4,6,8-14,16,21,25H,5,7,15,17-18H2,1H3,(H,29,31)/t21-,25-/m0/s1. The average Bonchev–Trinajstić information content (AvgIpc) is 2.83. The Morgan fingerprint density at radius 3 is 2.75 bits per heavy atom. The largest absolute Gasteiger partial charge is 0.497 e. The maximum absolute atomic E-state index is 13.6. The third-order valence-corrected chi connectivity index (χ3v) is 5.96. The molecule has 1 saturated heterocycles. The number of carbonyl (C=O) groups excluding carboxylic acids is 1. The molecule has 1 aliphatic heterocycles. The van der Waals surface area contributed by atoms with Gasteiger partial charge in [0.25, 0.3) is 5.91 Å². The first-order valence-electron chi connectivity index (χ1n) is 10.9. The van der Waals surface area contributed by atoms with Crippen LogP contribution in [0.2, 0.25) is 0 Å². The van der Waals surface area contributed by atoms with Gasteiger partial charge in [-0.05, 0) is 73.3 Å². The van der Waals surface area contributed by atoms with Crippen molar-refractivity contribution in [2.24, 2.45) is 5.92 Å². The van der Waals surface area contributed by atoms with E-state index >= 15 is 0 Å². The number of halogens is 1. The highest BCUT2D eigenvalue weighted by Crippen LogP contribution is 2.30. The molecule has 0 saturated carbocycles. The first-order chi connectivity index (χ1) is 15.6. The van der Waals surface area contributed by atoms with Crippen LogP contribution in [0.5, 0.6) is 5.75 Å². The Bertz CT molecular complexity index is 1030. The number of nitrogens with zero attached hydrogens (tertiary/aromatic N) is 2. The minimum absolute atomic E-state index is 0.203. The Balaban J connectivity index is 1.50. The molecule has 3 aromatic rings. The fourth-order valence-corrected chi connectivity index (χ4v) is 4.34. The SMILES string of the molecule is COc1ccc(CN2CCC[C@H]([C@H](NC(=O)c3cccc(F)c3)c3ccccn3)C2)cc1. The molecule has 2 aromatic carbocycles. The predicted octanol–water partition coefficient (Wildman–Crippen LogP) is 4.61. The lowest BCUT2D eigenvalue weighted by Crippen LogP contribution is -2.43. The molecule has 1 aromatic heterocycles. The zero-order valence-electron chi connectivity index (χ0n) is 18.2. The number of pyridine rings is 1. The maximum atomic E-state index is 13.6.